The smallest absolute Gasteiger partial charge is 0.306 e. The van der Waals surface area contributed by atoms with Crippen molar-refractivity contribution in [2.75, 3.05) is 13.2 Å². The first kappa shape index (κ1) is 56.4. The van der Waals surface area contributed by atoms with Crippen molar-refractivity contribution < 1.29 is 28.6 Å². The van der Waals surface area contributed by atoms with E-state index in [0.717, 1.165) is 69.6 Å². The van der Waals surface area contributed by atoms with Crippen molar-refractivity contribution in [2.45, 2.75) is 291 Å². The second kappa shape index (κ2) is 44.9. The highest BCUT2D eigenvalue weighted by Gasteiger charge is 2.19. The molecule has 2 atom stereocenters. The van der Waals surface area contributed by atoms with Gasteiger partial charge in [-0.1, -0.05) is 247 Å². The van der Waals surface area contributed by atoms with Crippen molar-refractivity contribution in [1.82, 2.24) is 0 Å². The van der Waals surface area contributed by atoms with Crippen LogP contribution in [0.5, 0.6) is 0 Å². The third-order valence-corrected chi connectivity index (χ3v) is 12.1. The van der Waals surface area contributed by atoms with Gasteiger partial charge in [0.1, 0.15) is 13.2 Å². The van der Waals surface area contributed by atoms with E-state index in [-0.39, 0.29) is 31.1 Å². The third-order valence-electron chi connectivity index (χ3n) is 12.1. The molecule has 0 heterocycles. The number of unbranched alkanes of at least 4 members (excludes halogenated alkanes) is 30. The molecule has 0 aliphatic rings. The first-order chi connectivity index (χ1) is 28.3. The minimum Gasteiger partial charge on any atom is -0.462 e. The van der Waals surface area contributed by atoms with Gasteiger partial charge >= 0.3 is 17.9 Å². The average Bonchev–Trinajstić information content (AvgIpc) is 3.21. The van der Waals surface area contributed by atoms with E-state index in [1.165, 1.54) is 173 Å². The van der Waals surface area contributed by atoms with Crippen molar-refractivity contribution in [3.8, 4) is 0 Å². The van der Waals surface area contributed by atoms with Gasteiger partial charge in [-0.2, -0.15) is 0 Å². The number of esters is 3. The first-order valence-electron chi connectivity index (χ1n) is 25.8. The number of carbonyl (C=O) groups excluding carboxylic acids is 3. The molecule has 0 aromatic carbocycles. The molecule has 0 spiro atoms. The van der Waals surface area contributed by atoms with Gasteiger partial charge in [-0.3, -0.25) is 14.4 Å². The van der Waals surface area contributed by atoms with Gasteiger partial charge in [0.15, 0.2) is 6.10 Å². The molecule has 0 aliphatic carbocycles. The van der Waals surface area contributed by atoms with Crippen LogP contribution in [0.4, 0.5) is 0 Å². The SMILES string of the molecule is CCCCCCCCCCCCCCCCCCC(=O)OC[C@@H](COC(=O)CCCCCCCCCCC(C)CC)OC(=O)CCCCCCCCCCCC(C)C. The van der Waals surface area contributed by atoms with E-state index in [0.29, 0.717) is 19.3 Å². The summed E-state index contributed by atoms with van der Waals surface area (Å²) in [5.74, 6) is 0.802. The van der Waals surface area contributed by atoms with Crippen LogP contribution in [0, 0.1) is 11.8 Å². The van der Waals surface area contributed by atoms with E-state index < -0.39 is 6.10 Å². The molecule has 0 amide bonds. The van der Waals surface area contributed by atoms with Gasteiger partial charge in [-0.05, 0) is 31.1 Å². The molecular formula is C52H100O6. The maximum Gasteiger partial charge on any atom is 0.306 e. The fourth-order valence-electron chi connectivity index (χ4n) is 7.78. The predicted octanol–water partition coefficient (Wildman–Crippen LogP) is 16.5. The molecule has 0 saturated heterocycles. The van der Waals surface area contributed by atoms with Crippen molar-refractivity contribution in [2.24, 2.45) is 11.8 Å². The van der Waals surface area contributed by atoms with Crippen LogP contribution in [0.3, 0.4) is 0 Å². The Morgan fingerprint density at radius 2 is 0.655 bits per heavy atom. The van der Waals surface area contributed by atoms with E-state index in [2.05, 4.69) is 34.6 Å². The van der Waals surface area contributed by atoms with Crippen LogP contribution in [-0.2, 0) is 28.6 Å². The van der Waals surface area contributed by atoms with Gasteiger partial charge in [-0.15, -0.1) is 0 Å². The molecule has 1 unspecified atom stereocenters. The van der Waals surface area contributed by atoms with Crippen LogP contribution < -0.4 is 0 Å². The highest BCUT2D eigenvalue weighted by Crippen LogP contribution is 2.18. The van der Waals surface area contributed by atoms with E-state index in [1.54, 1.807) is 0 Å². The Labute approximate surface area is 361 Å². The Hall–Kier alpha value is -1.59. The second-order valence-corrected chi connectivity index (χ2v) is 18.5. The first-order valence-corrected chi connectivity index (χ1v) is 25.8. The van der Waals surface area contributed by atoms with Crippen LogP contribution in [0.1, 0.15) is 285 Å². The lowest BCUT2D eigenvalue weighted by molar-refractivity contribution is -0.167. The summed E-state index contributed by atoms with van der Waals surface area (Å²) in [5.41, 5.74) is 0. The van der Waals surface area contributed by atoms with Crippen LogP contribution >= 0.6 is 0 Å². The van der Waals surface area contributed by atoms with Gasteiger partial charge in [0.25, 0.3) is 0 Å². The summed E-state index contributed by atoms with van der Waals surface area (Å²) >= 11 is 0. The van der Waals surface area contributed by atoms with Gasteiger partial charge in [0.05, 0.1) is 0 Å². The molecule has 0 aromatic rings. The van der Waals surface area contributed by atoms with Crippen LogP contribution in [0.15, 0.2) is 0 Å². The summed E-state index contributed by atoms with van der Waals surface area (Å²) in [5, 5.41) is 0. The van der Waals surface area contributed by atoms with Crippen molar-refractivity contribution >= 4 is 17.9 Å². The molecule has 0 saturated carbocycles. The zero-order valence-electron chi connectivity index (χ0n) is 39.7. The van der Waals surface area contributed by atoms with Crippen molar-refractivity contribution in [1.29, 1.82) is 0 Å². The van der Waals surface area contributed by atoms with Gasteiger partial charge in [0, 0.05) is 19.3 Å². The largest absolute Gasteiger partial charge is 0.462 e. The van der Waals surface area contributed by atoms with E-state index in [4.69, 9.17) is 14.2 Å². The van der Waals surface area contributed by atoms with Gasteiger partial charge < -0.3 is 14.2 Å². The van der Waals surface area contributed by atoms with E-state index >= 15 is 0 Å². The standard InChI is InChI=1S/C52H100O6/c1-6-8-9-10-11-12-13-14-15-16-17-18-21-27-32-37-42-50(53)56-45-49(58-52(55)44-39-34-29-22-19-20-25-30-35-40-47(3)4)46-57-51(54)43-38-33-28-24-23-26-31-36-41-48(5)7-2/h47-49H,6-46H2,1-5H3/t48?,49-/m0/s1. The molecule has 0 aromatic heterocycles. The molecule has 344 valence electrons. The minimum atomic E-state index is -0.762. The van der Waals surface area contributed by atoms with Crippen LogP contribution in [0.25, 0.3) is 0 Å². The molecular weight excluding hydrogens is 721 g/mol. The lowest BCUT2D eigenvalue weighted by atomic mass is 9.99. The molecule has 0 aliphatic heterocycles. The van der Waals surface area contributed by atoms with E-state index in [9.17, 15) is 14.4 Å². The maximum atomic E-state index is 12.8. The molecule has 0 bridgehead atoms. The number of ether oxygens (including phenoxy) is 3. The summed E-state index contributed by atoms with van der Waals surface area (Å²) in [6.45, 7) is 11.4. The number of hydrogen-bond acceptors (Lipinski definition) is 6. The third kappa shape index (κ3) is 44.0. The monoisotopic (exact) mass is 821 g/mol. The lowest BCUT2D eigenvalue weighted by Crippen LogP contribution is -2.30. The topological polar surface area (TPSA) is 78.9 Å². The number of rotatable bonds is 46. The maximum absolute atomic E-state index is 12.8. The predicted molar refractivity (Wildman–Crippen MR) is 247 cm³/mol. The molecule has 0 rings (SSSR count). The number of carbonyl (C=O) groups is 3. The summed E-state index contributed by atoms with van der Waals surface area (Å²) in [6.07, 6.45) is 45.1. The zero-order chi connectivity index (χ0) is 42.6. The van der Waals surface area contributed by atoms with Crippen LogP contribution in [-0.4, -0.2) is 37.2 Å². The highest BCUT2D eigenvalue weighted by atomic mass is 16.6. The average molecular weight is 821 g/mol. The zero-order valence-corrected chi connectivity index (χ0v) is 39.7. The molecule has 0 fully saturated rings. The highest BCUT2D eigenvalue weighted by molar-refractivity contribution is 5.71. The van der Waals surface area contributed by atoms with Gasteiger partial charge in [0.2, 0.25) is 0 Å². The normalized spacial score (nSPS) is 12.5. The van der Waals surface area contributed by atoms with Crippen molar-refractivity contribution in [3.05, 3.63) is 0 Å². The fourth-order valence-corrected chi connectivity index (χ4v) is 7.78. The molecule has 6 heteroatoms. The Morgan fingerprint density at radius 3 is 0.983 bits per heavy atom. The summed E-state index contributed by atoms with van der Waals surface area (Å²) in [4.78, 5) is 37.9. The Morgan fingerprint density at radius 1 is 0.362 bits per heavy atom. The van der Waals surface area contributed by atoms with Crippen molar-refractivity contribution in [3.63, 3.8) is 0 Å². The quantitative estimate of drug-likeness (QED) is 0.0346. The summed E-state index contributed by atoms with van der Waals surface area (Å²) < 4.78 is 16.8. The fraction of sp³-hybridized carbons (Fsp3) is 0.942. The Bertz CT molecular complexity index is 887. The van der Waals surface area contributed by atoms with E-state index in [1.807, 2.05) is 0 Å². The van der Waals surface area contributed by atoms with Crippen LogP contribution in [0.2, 0.25) is 0 Å². The van der Waals surface area contributed by atoms with Gasteiger partial charge in [-0.25, -0.2) is 0 Å². The molecule has 6 nitrogen and oxygen atoms in total. The minimum absolute atomic E-state index is 0.0643. The molecule has 0 radical (unpaired) electrons. The lowest BCUT2D eigenvalue weighted by Gasteiger charge is -2.18. The molecule has 58 heavy (non-hydrogen) atoms. The summed E-state index contributed by atoms with van der Waals surface area (Å²) in [6, 6.07) is 0. The molecule has 0 N–H and O–H groups in total. The summed E-state index contributed by atoms with van der Waals surface area (Å²) in [7, 11) is 0. The number of hydrogen-bond donors (Lipinski definition) is 0. The Kier molecular flexibility index (Phi) is 43.7. The Balaban J connectivity index is 4.31. The second-order valence-electron chi connectivity index (χ2n) is 18.5.